The normalized spacial score (nSPS) is 13.4. The second kappa shape index (κ2) is 8.56. The topological polar surface area (TPSA) is 3.24 Å². The monoisotopic (exact) mass is 511 g/mol. The van der Waals surface area contributed by atoms with E-state index in [1.165, 1.54) is 60.3 Å². The van der Waals surface area contributed by atoms with Gasteiger partial charge in [-0.05, 0) is 91.0 Å². The van der Waals surface area contributed by atoms with E-state index in [2.05, 4.69) is 158 Å². The highest BCUT2D eigenvalue weighted by atomic mass is 15.1. The number of anilines is 3. The number of benzene rings is 7. The van der Waals surface area contributed by atoms with Gasteiger partial charge >= 0.3 is 0 Å². The van der Waals surface area contributed by atoms with Crippen molar-refractivity contribution in [3.05, 3.63) is 151 Å². The van der Waals surface area contributed by atoms with Crippen LogP contribution < -0.4 is 4.90 Å². The molecule has 0 saturated carbocycles. The van der Waals surface area contributed by atoms with Crippen LogP contribution in [-0.4, -0.2) is 0 Å². The SMILES string of the molecule is CC1(C)c2ccccc2-c2ccc(N(c3ccccc3)c3ccc4ccc5ccc6ccccc6c5c4c3)cc21. The van der Waals surface area contributed by atoms with Gasteiger partial charge in [-0.15, -0.1) is 0 Å². The largest absolute Gasteiger partial charge is 0.310 e. The van der Waals surface area contributed by atoms with Gasteiger partial charge in [0.15, 0.2) is 0 Å². The van der Waals surface area contributed by atoms with Crippen LogP contribution in [0.25, 0.3) is 43.4 Å². The summed E-state index contributed by atoms with van der Waals surface area (Å²) >= 11 is 0. The van der Waals surface area contributed by atoms with E-state index < -0.39 is 0 Å². The van der Waals surface area contributed by atoms with Gasteiger partial charge in [0, 0.05) is 22.5 Å². The Labute approximate surface area is 234 Å². The highest BCUT2D eigenvalue weighted by Gasteiger charge is 2.35. The van der Waals surface area contributed by atoms with Crippen LogP contribution in [0.15, 0.2) is 140 Å². The van der Waals surface area contributed by atoms with Gasteiger partial charge in [0.05, 0.1) is 0 Å². The Morgan fingerprint density at radius 1 is 0.425 bits per heavy atom. The number of rotatable bonds is 3. The lowest BCUT2D eigenvalue weighted by atomic mass is 9.82. The summed E-state index contributed by atoms with van der Waals surface area (Å²) in [6.07, 6.45) is 0. The van der Waals surface area contributed by atoms with Gasteiger partial charge in [-0.2, -0.15) is 0 Å². The maximum atomic E-state index is 2.41. The number of hydrogen-bond donors (Lipinski definition) is 0. The molecule has 7 aromatic carbocycles. The molecule has 0 heterocycles. The lowest BCUT2D eigenvalue weighted by Crippen LogP contribution is -2.16. The third-order valence-corrected chi connectivity index (χ3v) is 8.81. The van der Waals surface area contributed by atoms with E-state index >= 15 is 0 Å². The smallest absolute Gasteiger partial charge is 0.0468 e. The molecule has 0 amide bonds. The van der Waals surface area contributed by atoms with Crippen molar-refractivity contribution in [1.29, 1.82) is 0 Å². The number of nitrogens with zero attached hydrogens (tertiary/aromatic N) is 1. The molecule has 0 saturated heterocycles. The van der Waals surface area contributed by atoms with E-state index in [-0.39, 0.29) is 5.41 Å². The molecular weight excluding hydrogens is 482 g/mol. The molecule has 0 N–H and O–H groups in total. The molecule has 0 aliphatic heterocycles. The summed E-state index contributed by atoms with van der Waals surface area (Å²) < 4.78 is 0. The van der Waals surface area contributed by atoms with Gasteiger partial charge in [-0.3, -0.25) is 0 Å². The van der Waals surface area contributed by atoms with Crippen molar-refractivity contribution >= 4 is 49.4 Å². The Kier molecular flexibility index (Phi) is 4.93. The Morgan fingerprint density at radius 3 is 1.88 bits per heavy atom. The minimum atomic E-state index is -0.0528. The summed E-state index contributed by atoms with van der Waals surface area (Å²) in [5, 5.41) is 7.69. The predicted molar refractivity (Wildman–Crippen MR) is 171 cm³/mol. The van der Waals surface area contributed by atoms with Gasteiger partial charge in [0.25, 0.3) is 0 Å². The Morgan fingerprint density at radius 2 is 1.02 bits per heavy atom. The molecule has 0 atom stereocenters. The van der Waals surface area contributed by atoms with E-state index in [1.54, 1.807) is 0 Å². The summed E-state index contributed by atoms with van der Waals surface area (Å²) in [6, 6.07) is 51.2. The maximum absolute atomic E-state index is 2.41. The van der Waals surface area contributed by atoms with Crippen LogP contribution in [0.2, 0.25) is 0 Å². The van der Waals surface area contributed by atoms with E-state index in [9.17, 15) is 0 Å². The second-order valence-corrected chi connectivity index (χ2v) is 11.4. The molecule has 1 heteroatoms. The minimum absolute atomic E-state index is 0.0528. The van der Waals surface area contributed by atoms with E-state index in [0.717, 1.165) is 11.4 Å². The molecule has 0 radical (unpaired) electrons. The summed E-state index contributed by atoms with van der Waals surface area (Å²) in [5.41, 5.74) is 8.91. The van der Waals surface area contributed by atoms with Crippen molar-refractivity contribution in [2.75, 3.05) is 4.90 Å². The van der Waals surface area contributed by atoms with Gasteiger partial charge in [0.1, 0.15) is 0 Å². The van der Waals surface area contributed by atoms with Gasteiger partial charge in [-0.25, -0.2) is 0 Å². The van der Waals surface area contributed by atoms with Crippen LogP contribution in [0.4, 0.5) is 17.1 Å². The fourth-order valence-corrected chi connectivity index (χ4v) is 6.81. The highest BCUT2D eigenvalue weighted by molar-refractivity contribution is 6.20. The van der Waals surface area contributed by atoms with E-state index in [0.29, 0.717) is 0 Å². The maximum Gasteiger partial charge on any atom is 0.0468 e. The molecular formula is C39H29N. The molecule has 1 nitrogen and oxygen atoms in total. The standard InChI is InChI=1S/C39H29N/c1-39(2)36-15-9-8-14-33(36)34-23-22-31(25-37(34)39)40(29-11-4-3-5-12-29)30-21-20-27-17-19-28-18-16-26-10-6-7-13-32(26)38(28)35(27)24-30/h3-25H,1-2H3. The molecule has 8 rings (SSSR count). The molecule has 40 heavy (non-hydrogen) atoms. The molecule has 0 spiro atoms. The molecule has 0 unspecified atom stereocenters. The number of fused-ring (bicyclic) bond motifs is 8. The molecule has 0 aromatic heterocycles. The fraction of sp³-hybridized carbons (Fsp3) is 0.0769. The van der Waals surface area contributed by atoms with Crippen molar-refractivity contribution in [3.63, 3.8) is 0 Å². The third-order valence-electron chi connectivity index (χ3n) is 8.81. The molecule has 0 bridgehead atoms. The zero-order valence-electron chi connectivity index (χ0n) is 22.7. The Bertz CT molecular complexity index is 2080. The summed E-state index contributed by atoms with van der Waals surface area (Å²) in [4.78, 5) is 2.41. The lowest BCUT2D eigenvalue weighted by Gasteiger charge is -2.28. The Hall–Kier alpha value is -4.88. The highest BCUT2D eigenvalue weighted by Crippen LogP contribution is 2.50. The van der Waals surface area contributed by atoms with Crippen LogP contribution in [0.3, 0.4) is 0 Å². The van der Waals surface area contributed by atoms with E-state index in [1.807, 2.05) is 0 Å². The Balaban J connectivity index is 1.38. The zero-order chi connectivity index (χ0) is 26.8. The van der Waals surface area contributed by atoms with Gasteiger partial charge in [-0.1, -0.05) is 117 Å². The number of hydrogen-bond acceptors (Lipinski definition) is 1. The van der Waals surface area contributed by atoms with Gasteiger partial charge < -0.3 is 4.90 Å². The fourth-order valence-electron chi connectivity index (χ4n) is 6.81. The first-order valence-corrected chi connectivity index (χ1v) is 14.0. The van der Waals surface area contributed by atoms with Crippen molar-refractivity contribution in [2.45, 2.75) is 19.3 Å². The van der Waals surface area contributed by atoms with Crippen molar-refractivity contribution in [1.82, 2.24) is 0 Å². The molecule has 0 fully saturated rings. The summed E-state index contributed by atoms with van der Waals surface area (Å²) in [6.45, 7) is 4.70. The lowest BCUT2D eigenvalue weighted by molar-refractivity contribution is 0.660. The summed E-state index contributed by atoms with van der Waals surface area (Å²) in [5.74, 6) is 0. The average Bonchev–Trinajstić information content (AvgIpc) is 3.23. The predicted octanol–water partition coefficient (Wildman–Crippen LogP) is 10.9. The van der Waals surface area contributed by atoms with Crippen LogP contribution in [0.5, 0.6) is 0 Å². The number of para-hydroxylation sites is 1. The van der Waals surface area contributed by atoms with Gasteiger partial charge in [0.2, 0.25) is 0 Å². The van der Waals surface area contributed by atoms with E-state index in [4.69, 9.17) is 0 Å². The van der Waals surface area contributed by atoms with Crippen molar-refractivity contribution in [3.8, 4) is 11.1 Å². The quantitative estimate of drug-likeness (QED) is 0.213. The molecule has 190 valence electrons. The van der Waals surface area contributed by atoms with Crippen LogP contribution in [0.1, 0.15) is 25.0 Å². The van der Waals surface area contributed by atoms with Crippen LogP contribution >= 0.6 is 0 Å². The first-order valence-electron chi connectivity index (χ1n) is 14.0. The van der Waals surface area contributed by atoms with Crippen LogP contribution in [0, 0.1) is 0 Å². The van der Waals surface area contributed by atoms with Crippen molar-refractivity contribution < 1.29 is 0 Å². The third kappa shape index (κ3) is 3.34. The zero-order valence-corrected chi connectivity index (χ0v) is 22.7. The molecule has 1 aliphatic rings. The first kappa shape index (κ1) is 23.0. The van der Waals surface area contributed by atoms with Crippen LogP contribution in [-0.2, 0) is 5.41 Å². The summed E-state index contributed by atoms with van der Waals surface area (Å²) in [7, 11) is 0. The average molecular weight is 512 g/mol. The van der Waals surface area contributed by atoms with Crippen molar-refractivity contribution in [2.24, 2.45) is 0 Å². The first-order chi connectivity index (χ1) is 19.6. The second-order valence-electron chi connectivity index (χ2n) is 11.4. The minimum Gasteiger partial charge on any atom is -0.310 e. The molecule has 1 aliphatic carbocycles. The molecule has 7 aromatic rings.